The van der Waals surface area contributed by atoms with Gasteiger partial charge in [-0.2, -0.15) is 0 Å². The minimum absolute atomic E-state index is 0.174. The third-order valence-corrected chi connectivity index (χ3v) is 6.21. The summed E-state index contributed by atoms with van der Waals surface area (Å²) in [5.74, 6) is 0.639. The molecule has 1 aromatic carbocycles. The molecular formula is C28H36N3O3P. The lowest BCUT2D eigenvalue weighted by molar-refractivity contribution is 0.132. The molecule has 1 fully saturated rings. The normalized spacial score (nSPS) is 16.3. The second-order valence-corrected chi connectivity index (χ2v) is 9.62. The summed E-state index contributed by atoms with van der Waals surface area (Å²) in [4.78, 5) is 20.7. The van der Waals surface area contributed by atoms with Gasteiger partial charge in [-0.15, -0.1) is 9.24 Å². The van der Waals surface area contributed by atoms with Gasteiger partial charge < -0.3 is 19.3 Å². The number of allylic oxidation sites excluding steroid dienone is 4. The summed E-state index contributed by atoms with van der Waals surface area (Å²) < 4.78 is 11.3. The van der Waals surface area contributed by atoms with Crippen molar-refractivity contribution in [2.24, 2.45) is 0 Å². The van der Waals surface area contributed by atoms with Gasteiger partial charge in [0.15, 0.2) is 0 Å². The van der Waals surface area contributed by atoms with Crippen molar-refractivity contribution in [2.75, 3.05) is 33.8 Å². The van der Waals surface area contributed by atoms with Crippen LogP contribution in [-0.2, 0) is 11.3 Å². The highest BCUT2D eigenvalue weighted by molar-refractivity contribution is 7.22. The van der Waals surface area contributed by atoms with Crippen LogP contribution >= 0.6 is 9.24 Å². The average molecular weight is 494 g/mol. The fraction of sp³-hybridized carbons (Fsp3) is 0.357. The number of carbonyl (C=O) groups excluding carboxylic acids is 1. The first kappa shape index (κ1) is 26.7. The van der Waals surface area contributed by atoms with E-state index in [4.69, 9.17) is 9.47 Å². The van der Waals surface area contributed by atoms with Gasteiger partial charge in [0.25, 0.3) is 0 Å². The Labute approximate surface area is 211 Å². The monoisotopic (exact) mass is 493 g/mol. The van der Waals surface area contributed by atoms with Crippen LogP contribution in [0.4, 0.5) is 4.79 Å². The molecule has 0 bridgehead atoms. The molecule has 0 aliphatic carbocycles. The van der Waals surface area contributed by atoms with Crippen molar-refractivity contribution in [1.29, 1.82) is 0 Å². The van der Waals surface area contributed by atoms with Gasteiger partial charge in [-0.05, 0) is 49.9 Å². The number of amides is 1. The van der Waals surface area contributed by atoms with Gasteiger partial charge in [0.2, 0.25) is 5.88 Å². The first-order chi connectivity index (χ1) is 16.8. The van der Waals surface area contributed by atoms with E-state index in [2.05, 4.69) is 51.9 Å². The summed E-state index contributed by atoms with van der Waals surface area (Å²) in [6.07, 6.45) is 8.93. The SMILES string of the molecule is C=C(/C=C\C(P)=C/C)CC1CN(Cc2ccc(-c3ccc(OCCCN(C)C)nc3)cc2)C(=O)O1. The molecule has 3 rings (SSSR count). The summed E-state index contributed by atoms with van der Waals surface area (Å²) in [6.45, 7) is 8.78. The highest BCUT2D eigenvalue weighted by Gasteiger charge is 2.31. The van der Waals surface area contributed by atoms with Crippen LogP contribution in [0.2, 0.25) is 0 Å². The van der Waals surface area contributed by atoms with Gasteiger partial charge in [-0.1, -0.05) is 54.6 Å². The highest BCUT2D eigenvalue weighted by Crippen LogP contribution is 2.24. The van der Waals surface area contributed by atoms with Crippen molar-refractivity contribution in [3.63, 3.8) is 0 Å². The third kappa shape index (κ3) is 8.65. The summed E-state index contributed by atoms with van der Waals surface area (Å²) in [5, 5.41) is 1.09. The molecule has 1 aliphatic rings. The van der Waals surface area contributed by atoms with Gasteiger partial charge in [-0.3, -0.25) is 0 Å². The van der Waals surface area contributed by atoms with Crippen LogP contribution in [0.3, 0.4) is 0 Å². The fourth-order valence-corrected chi connectivity index (χ4v) is 3.79. The van der Waals surface area contributed by atoms with Gasteiger partial charge in [0.05, 0.1) is 13.2 Å². The van der Waals surface area contributed by atoms with Crippen molar-refractivity contribution in [1.82, 2.24) is 14.8 Å². The Morgan fingerprint density at radius 3 is 2.63 bits per heavy atom. The van der Waals surface area contributed by atoms with Crippen molar-refractivity contribution < 1.29 is 14.3 Å². The van der Waals surface area contributed by atoms with Gasteiger partial charge in [-0.25, -0.2) is 9.78 Å². The van der Waals surface area contributed by atoms with Gasteiger partial charge in [0, 0.05) is 37.3 Å². The van der Waals surface area contributed by atoms with Crippen molar-refractivity contribution >= 4 is 15.3 Å². The van der Waals surface area contributed by atoms with Crippen molar-refractivity contribution in [3.8, 4) is 17.0 Å². The number of ether oxygens (including phenoxy) is 2. The zero-order chi connectivity index (χ0) is 25.2. The highest BCUT2D eigenvalue weighted by atomic mass is 31.0. The standard InChI is InChI=1S/C28H36N3O3P/c1-5-26(35)13-7-21(2)17-25-20-31(28(32)34-25)19-22-8-10-23(11-9-22)24-12-14-27(29-18-24)33-16-6-15-30(3)4/h5,7-14,18,25H,2,6,15-17,19-20,35H2,1,3-4H3/b13-7-,26-5+. The Morgan fingerprint density at radius 1 is 1.23 bits per heavy atom. The molecule has 35 heavy (non-hydrogen) atoms. The van der Waals surface area contributed by atoms with E-state index in [1.54, 1.807) is 4.90 Å². The molecule has 0 radical (unpaired) electrons. The van der Waals surface area contributed by atoms with E-state index in [0.29, 0.717) is 32.0 Å². The molecule has 2 atom stereocenters. The Hall–Kier alpha value is -2.95. The average Bonchev–Trinajstić information content (AvgIpc) is 3.19. The van der Waals surface area contributed by atoms with Crippen LogP contribution in [0, 0.1) is 0 Å². The van der Waals surface area contributed by atoms with Crippen LogP contribution in [0.5, 0.6) is 5.88 Å². The number of hydrogen-bond acceptors (Lipinski definition) is 5. The Kier molecular flexibility index (Phi) is 10.1. The topological polar surface area (TPSA) is 54.9 Å². The molecule has 1 aliphatic heterocycles. The first-order valence-electron chi connectivity index (χ1n) is 11.9. The number of nitrogens with zero attached hydrogens (tertiary/aromatic N) is 3. The van der Waals surface area contributed by atoms with Crippen molar-refractivity contribution in [3.05, 3.63) is 83.9 Å². The maximum Gasteiger partial charge on any atom is 0.410 e. The predicted octanol–water partition coefficient (Wildman–Crippen LogP) is 5.68. The van der Waals surface area contributed by atoms with E-state index in [1.165, 1.54) is 0 Å². The number of hydrogen-bond donors (Lipinski definition) is 0. The minimum atomic E-state index is -0.276. The number of aromatic nitrogens is 1. The van der Waals surface area contributed by atoms with E-state index >= 15 is 0 Å². The molecule has 2 aromatic rings. The predicted molar refractivity (Wildman–Crippen MR) is 145 cm³/mol. The molecular weight excluding hydrogens is 457 g/mol. The van der Waals surface area contributed by atoms with Gasteiger partial charge in [0.1, 0.15) is 6.10 Å². The molecule has 6 nitrogen and oxygen atoms in total. The molecule has 7 heteroatoms. The second-order valence-electron chi connectivity index (χ2n) is 8.96. The van der Waals surface area contributed by atoms with E-state index in [0.717, 1.165) is 40.5 Å². The van der Waals surface area contributed by atoms with Crippen LogP contribution in [-0.4, -0.2) is 60.8 Å². The lowest BCUT2D eigenvalue weighted by atomic mass is 10.1. The summed E-state index contributed by atoms with van der Waals surface area (Å²) in [5.41, 5.74) is 4.09. The van der Waals surface area contributed by atoms with Crippen LogP contribution in [0.25, 0.3) is 11.1 Å². The van der Waals surface area contributed by atoms with Crippen molar-refractivity contribution in [2.45, 2.75) is 32.4 Å². The number of cyclic esters (lactones) is 1. The molecule has 186 valence electrons. The Balaban J connectivity index is 1.50. The number of rotatable bonds is 12. The number of carbonyl (C=O) groups is 1. The Morgan fingerprint density at radius 2 is 1.97 bits per heavy atom. The Bertz CT molecular complexity index is 1050. The zero-order valence-corrected chi connectivity index (χ0v) is 22.1. The zero-order valence-electron chi connectivity index (χ0n) is 20.9. The van der Waals surface area contributed by atoms with Crippen LogP contribution in [0.1, 0.15) is 25.3 Å². The maximum absolute atomic E-state index is 12.4. The van der Waals surface area contributed by atoms with E-state index in [-0.39, 0.29) is 12.2 Å². The first-order valence-corrected chi connectivity index (χ1v) is 12.5. The van der Waals surface area contributed by atoms with E-state index in [9.17, 15) is 4.79 Å². The fourth-order valence-electron chi connectivity index (χ4n) is 3.70. The number of benzene rings is 1. The maximum atomic E-state index is 12.4. The molecule has 0 saturated carbocycles. The molecule has 2 unspecified atom stereocenters. The lowest BCUT2D eigenvalue weighted by Crippen LogP contribution is -2.24. The van der Waals surface area contributed by atoms with Gasteiger partial charge >= 0.3 is 6.09 Å². The van der Waals surface area contributed by atoms with E-state index < -0.39 is 0 Å². The number of pyridine rings is 1. The molecule has 1 amide bonds. The molecule has 0 spiro atoms. The van der Waals surface area contributed by atoms with Crippen LogP contribution in [0.15, 0.2) is 78.3 Å². The smallest absolute Gasteiger partial charge is 0.410 e. The largest absolute Gasteiger partial charge is 0.478 e. The quantitative estimate of drug-likeness (QED) is 0.216. The van der Waals surface area contributed by atoms with E-state index in [1.807, 2.05) is 55.6 Å². The lowest BCUT2D eigenvalue weighted by Gasteiger charge is -2.13. The summed E-state index contributed by atoms with van der Waals surface area (Å²) in [6, 6.07) is 12.1. The molecule has 2 heterocycles. The second kappa shape index (κ2) is 13.2. The molecule has 0 N–H and O–H groups in total. The summed E-state index contributed by atoms with van der Waals surface area (Å²) in [7, 11) is 6.77. The molecule has 1 saturated heterocycles. The minimum Gasteiger partial charge on any atom is -0.478 e. The third-order valence-electron chi connectivity index (χ3n) is 5.68. The molecule has 1 aromatic heterocycles. The van der Waals surface area contributed by atoms with Crippen LogP contribution < -0.4 is 4.74 Å². The summed E-state index contributed by atoms with van der Waals surface area (Å²) >= 11 is 0.